The van der Waals surface area contributed by atoms with Gasteiger partial charge in [-0.2, -0.15) is 0 Å². The summed E-state index contributed by atoms with van der Waals surface area (Å²) in [6.07, 6.45) is 0.506. The average molecular weight is 223 g/mol. The first kappa shape index (κ1) is 12.2. The predicted molar refractivity (Wildman–Crippen MR) is 57.5 cm³/mol. The Bertz CT molecular complexity index is 365. The summed E-state index contributed by atoms with van der Waals surface area (Å²) in [5, 5.41) is 10.7. The molecule has 0 aliphatic heterocycles. The Morgan fingerprint density at radius 3 is 2.50 bits per heavy atom. The monoisotopic (exact) mass is 223 g/mol. The van der Waals surface area contributed by atoms with Crippen LogP contribution in [0, 0.1) is 0 Å². The number of carboxylic acids is 1. The van der Waals surface area contributed by atoms with Gasteiger partial charge in [0, 0.05) is 6.42 Å². The molecule has 5 nitrogen and oxygen atoms in total. The maximum atomic E-state index is 11.4. The molecule has 0 radical (unpaired) electrons. The third-order valence-corrected chi connectivity index (χ3v) is 2.11. The topological polar surface area (TPSA) is 94.0 Å². The van der Waals surface area contributed by atoms with Gasteiger partial charge >= 0.3 is 5.97 Å². The summed E-state index contributed by atoms with van der Waals surface area (Å²) >= 11 is 0. The van der Waals surface area contributed by atoms with Crippen molar-refractivity contribution in [3.63, 3.8) is 0 Å². The molecular formula is C11H15N2O3+. The van der Waals surface area contributed by atoms with Crippen LogP contribution in [0.25, 0.3) is 0 Å². The van der Waals surface area contributed by atoms with E-state index < -0.39 is 12.0 Å². The van der Waals surface area contributed by atoms with Gasteiger partial charge in [0.15, 0.2) is 6.04 Å². The molecule has 0 aliphatic carbocycles. The van der Waals surface area contributed by atoms with E-state index in [1.54, 1.807) is 0 Å². The number of rotatable bonds is 5. The first-order valence-corrected chi connectivity index (χ1v) is 4.96. The summed E-state index contributed by atoms with van der Waals surface area (Å²) in [5.74, 6) is -1.40. The number of carbonyl (C=O) groups is 2. The lowest BCUT2D eigenvalue weighted by atomic mass is 10.1. The molecule has 5 N–H and O–H groups in total. The highest BCUT2D eigenvalue weighted by Crippen LogP contribution is 2.00. The Labute approximate surface area is 93.3 Å². The zero-order chi connectivity index (χ0) is 12.0. The van der Waals surface area contributed by atoms with E-state index in [0.717, 1.165) is 5.56 Å². The second-order valence-corrected chi connectivity index (χ2v) is 3.50. The zero-order valence-corrected chi connectivity index (χ0v) is 8.85. The SMILES string of the molecule is [NH3+]C(Cc1ccccc1)C(=O)NCC(=O)O. The van der Waals surface area contributed by atoms with E-state index in [1.807, 2.05) is 30.3 Å². The minimum absolute atomic E-state index is 0.341. The van der Waals surface area contributed by atoms with E-state index in [0.29, 0.717) is 6.42 Å². The second kappa shape index (κ2) is 5.87. The standard InChI is InChI=1S/C11H14N2O3/c12-9(11(16)13-7-10(14)15)6-8-4-2-1-3-5-8/h1-5,9H,6-7,12H2,(H,13,16)(H,14,15)/p+1. The van der Waals surface area contributed by atoms with Gasteiger partial charge in [-0.15, -0.1) is 0 Å². The Morgan fingerprint density at radius 1 is 1.31 bits per heavy atom. The van der Waals surface area contributed by atoms with E-state index in [9.17, 15) is 9.59 Å². The summed E-state index contributed by atoms with van der Waals surface area (Å²) in [6.45, 7) is -0.361. The van der Waals surface area contributed by atoms with Crippen LogP contribution in [0.2, 0.25) is 0 Å². The molecule has 1 rings (SSSR count). The first-order chi connectivity index (χ1) is 7.59. The van der Waals surface area contributed by atoms with Crippen LogP contribution in [0.15, 0.2) is 30.3 Å². The zero-order valence-electron chi connectivity index (χ0n) is 8.85. The molecule has 0 bridgehead atoms. The molecule has 1 amide bonds. The fraction of sp³-hybridized carbons (Fsp3) is 0.273. The summed E-state index contributed by atoms with van der Waals surface area (Å²) in [6, 6.07) is 9.01. The lowest BCUT2D eigenvalue weighted by Crippen LogP contribution is -2.68. The number of benzene rings is 1. The number of carboxylic acid groups (broad SMARTS) is 1. The van der Waals surface area contributed by atoms with Crippen molar-refractivity contribution < 1.29 is 20.4 Å². The van der Waals surface area contributed by atoms with Crippen LogP contribution >= 0.6 is 0 Å². The highest BCUT2D eigenvalue weighted by Gasteiger charge is 2.17. The number of nitrogens with one attached hydrogen (secondary N) is 1. The van der Waals surface area contributed by atoms with Crippen molar-refractivity contribution in [2.75, 3.05) is 6.54 Å². The van der Waals surface area contributed by atoms with E-state index in [4.69, 9.17) is 5.11 Å². The highest BCUT2D eigenvalue weighted by atomic mass is 16.4. The minimum Gasteiger partial charge on any atom is -0.480 e. The molecule has 0 fully saturated rings. The van der Waals surface area contributed by atoms with E-state index in [1.165, 1.54) is 0 Å². The van der Waals surface area contributed by atoms with Gasteiger partial charge in [-0.05, 0) is 5.56 Å². The molecule has 86 valence electrons. The van der Waals surface area contributed by atoms with Crippen molar-refractivity contribution in [2.45, 2.75) is 12.5 Å². The fourth-order valence-corrected chi connectivity index (χ4v) is 1.30. The minimum atomic E-state index is -1.06. The summed E-state index contributed by atoms with van der Waals surface area (Å²) < 4.78 is 0. The van der Waals surface area contributed by atoms with Crippen molar-refractivity contribution in [1.82, 2.24) is 5.32 Å². The maximum absolute atomic E-state index is 11.4. The smallest absolute Gasteiger partial charge is 0.322 e. The first-order valence-electron chi connectivity index (χ1n) is 4.96. The van der Waals surface area contributed by atoms with Crippen LogP contribution in [-0.2, 0) is 16.0 Å². The Hall–Kier alpha value is -1.88. The average Bonchev–Trinajstić information content (AvgIpc) is 2.27. The van der Waals surface area contributed by atoms with Gasteiger partial charge in [0.1, 0.15) is 6.54 Å². The van der Waals surface area contributed by atoms with Crippen molar-refractivity contribution in [3.05, 3.63) is 35.9 Å². The largest absolute Gasteiger partial charge is 0.480 e. The number of quaternary nitrogens is 1. The van der Waals surface area contributed by atoms with E-state index in [-0.39, 0.29) is 12.5 Å². The van der Waals surface area contributed by atoms with Gasteiger partial charge in [-0.3, -0.25) is 9.59 Å². The molecule has 0 spiro atoms. The van der Waals surface area contributed by atoms with Crippen LogP contribution in [-0.4, -0.2) is 29.6 Å². The third-order valence-electron chi connectivity index (χ3n) is 2.11. The normalized spacial score (nSPS) is 11.8. The molecule has 5 heteroatoms. The summed E-state index contributed by atoms with van der Waals surface area (Å²) in [7, 11) is 0. The second-order valence-electron chi connectivity index (χ2n) is 3.50. The molecule has 0 heterocycles. The molecule has 1 atom stereocenters. The van der Waals surface area contributed by atoms with Gasteiger partial charge in [-0.25, -0.2) is 0 Å². The van der Waals surface area contributed by atoms with Crippen LogP contribution in [0.5, 0.6) is 0 Å². The third kappa shape index (κ3) is 4.10. The van der Waals surface area contributed by atoms with E-state index >= 15 is 0 Å². The van der Waals surface area contributed by atoms with Crippen LogP contribution in [0.4, 0.5) is 0 Å². The van der Waals surface area contributed by atoms with Crippen molar-refractivity contribution in [1.29, 1.82) is 0 Å². The lowest BCUT2D eigenvalue weighted by molar-refractivity contribution is -0.403. The molecule has 1 aromatic rings. The van der Waals surface area contributed by atoms with E-state index in [2.05, 4.69) is 11.1 Å². The molecule has 1 aromatic carbocycles. The van der Waals surface area contributed by atoms with Crippen LogP contribution in [0.1, 0.15) is 5.56 Å². The molecular weight excluding hydrogens is 208 g/mol. The maximum Gasteiger partial charge on any atom is 0.322 e. The molecule has 0 aliphatic rings. The molecule has 0 saturated carbocycles. The van der Waals surface area contributed by atoms with Gasteiger partial charge in [0.2, 0.25) is 0 Å². The molecule has 16 heavy (non-hydrogen) atoms. The molecule has 0 aromatic heterocycles. The van der Waals surface area contributed by atoms with Gasteiger partial charge in [0.05, 0.1) is 0 Å². The van der Waals surface area contributed by atoms with Crippen LogP contribution < -0.4 is 11.1 Å². The molecule has 1 unspecified atom stereocenters. The van der Waals surface area contributed by atoms with Gasteiger partial charge < -0.3 is 16.2 Å². The van der Waals surface area contributed by atoms with Crippen LogP contribution in [0.3, 0.4) is 0 Å². The van der Waals surface area contributed by atoms with Crippen molar-refractivity contribution in [3.8, 4) is 0 Å². The summed E-state index contributed by atoms with van der Waals surface area (Å²) in [5.41, 5.74) is 4.71. The molecule has 0 saturated heterocycles. The number of aliphatic carboxylic acids is 1. The Kier molecular flexibility index (Phi) is 4.47. The Morgan fingerprint density at radius 2 is 1.94 bits per heavy atom. The number of amides is 1. The predicted octanol–water partition coefficient (Wildman–Crippen LogP) is -0.960. The lowest BCUT2D eigenvalue weighted by Gasteiger charge is -2.08. The number of carbonyl (C=O) groups excluding carboxylic acids is 1. The van der Waals surface area contributed by atoms with Gasteiger partial charge in [0.25, 0.3) is 5.91 Å². The van der Waals surface area contributed by atoms with Crippen molar-refractivity contribution in [2.24, 2.45) is 0 Å². The highest BCUT2D eigenvalue weighted by molar-refractivity contribution is 5.84. The van der Waals surface area contributed by atoms with Crippen molar-refractivity contribution >= 4 is 11.9 Å². The number of hydrogen-bond acceptors (Lipinski definition) is 2. The summed E-state index contributed by atoms with van der Waals surface area (Å²) in [4.78, 5) is 21.7. The number of hydrogen-bond donors (Lipinski definition) is 3. The Balaban J connectivity index is 2.43. The fourth-order valence-electron chi connectivity index (χ4n) is 1.30. The quantitative estimate of drug-likeness (QED) is 0.600. The van der Waals surface area contributed by atoms with Gasteiger partial charge in [-0.1, -0.05) is 30.3 Å².